The van der Waals surface area contributed by atoms with Crippen LogP contribution >= 0.6 is 7.60 Å². The molecule has 32 heavy (non-hydrogen) atoms. The molecule has 1 N–H and O–H groups in total. The lowest BCUT2D eigenvalue weighted by Crippen LogP contribution is -2.25. The minimum Gasteiger partial charge on any atom is -0.445 e. The molecule has 1 amide bonds. The van der Waals surface area contributed by atoms with E-state index in [0.29, 0.717) is 13.0 Å². The Morgan fingerprint density at radius 1 is 0.688 bits per heavy atom. The molecule has 0 bridgehead atoms. The predicted octanol–water partition coefficient (Wildman–Crippen LogP) is 5.93. The van der Waals surface area contributed by atoms with Crippen LogP contribution in [-0.2, 0) is 38.2 Å². The normalized spacial score (nSPS) is 11.1. The fourth-order valence-corrected chi connectivity index (χ4v) is 4.47. The van der Waals surface area contributed by atoms with Gasteiger partial charge in [0, 0.05) is 6.54 Å². The van der Waals surface area contributed by atoms with Crippen LogP contribution in [0.4, 0.5) is 4.79 Å². The number of amides is 1. The monoisotopic (exact) mass is 453 g/mol. The SMILES string of the molecule is O=C(NCCCP(=O)(OCc1ccccc1)OCc1ccccc1)OCc1ccccc1. The van der Waals surface area contributed by atoms with E-state index >= 15 is 0 Å². The molecule has 0 unspecified atom stereocenters. The second kappa shape index (κ2) is 12.8. The van der Waals surface area contributed by atoms with E-state index in [9.17, 15) is 9.36 Å². The van der Waals surface area contributed by atoms with Crippen LogP contribution < -0.4 is 5.32 Å². The zero-order valence-electron chi connectivity index (χ0n) is 17.9. The van der Waals surface area contributed by atoms with Gasteiger partial charge in [-0.15, -0.1) is 0 Å². The van der Waals surface area contributed by atoms with Gasteiger partial charge in [-0.05, 0) is 23.1 Å². The minimum atomic E-state index is -3.37. The second-order valence-corrected chi connectivity index (χ2v) is 9.38. The van der Waals surface area contributed by atoms with Crippen LogP contribution in [0.1, 0.15) is 23.1 Å². The Morgan fingerprint density at radius 2 is 1.12 bits per heavy atom. The zero-order chi connectivity index (χ0) is 22.5. The Hall–Kier alpha value is -2.92. The van der Waals surface area contributed by atoms with E-state index < -0.39 is 13.7 Å². The van der Waals surface area contributed by atoms with Crippen LogP contribution in [0.15, 0.2) is 91.0 Å². The van der Waals surface area contributed by atoms with Gasteiger partial charge in [-0.1, -0.05) is 91.0 Å². The maximum Gasteiger partial charge on any atom is 0.407 e. The molecule has 3 rings (SSSR count). The average molecular weight is 453 g/mol. The summed E-state index contributed by atoms with van der Waals surface area (Å²) in [5.41, 5.74) is 2.74. The lowest BCUT2D eigenvalue weighted by molar-refractivity contribution is 0.139. The van der Waals surface area contributed by atoms with Crippen molar-refractivity contribution in [1.82, 2.24) is 5.32 Å². The summed E-state index contributed by atoms with van der Waals surface area (Å²) in [7, 11) is -3.37. The maximum atomic E-state index is 13.3. The first-order valence-corrected chi connectivity index (χ1v) is 12.3. The van der Waals surface area contributed by atoms with Crippen molar-refractivity contribution in [3.63, 3.8) is 0 Å². The Kier molecular flexibility index (Phi) is 9.51. The average Bonchev–Trinajstić information content (AvgIpc) is 2.85. The Morgan fingerprint density at radius 3 is 1.59 bits per heavy atom. The molecule has 3 aromatic rings. The molecular formula is C25H28NO5P. The van der Waals surface area contributed by atoms with E-state index in [2.05, 4.69) is 5.32 Å². The molecule has 0 radical (unpaired) electrons. The van der Waals surface area contributed by atoms with Crippen LogP contribution in [0.25, 0.3) is 0 Å². The molecule has 0 fully saturated rings. The highest BCUT2D eigenvalue weighted by molar-refractivity contribution is 7.53. The smallest absolute Gasteiger partial charge is 0.407 e. The third kappa shape index (κ3) is 8.67. The summed E-state index contributed by atoms with van der Waals surface area (Å²) >= 11 is 0. The van der Waals surface area contributed by atoms with Gasteiger partial charge in [-0.2, -0.15) is 0 Å². The maximum absolute atomic E-state index is 13.3. The number of hydrogen-bond acceptors (Lipinski definition) is 5. The number of nitrogens with one attached hydrogen (secondary N) is 1. The molecule has 0 heterocycles. The molecule has 6 nitrogen and oxygen atoms in total. The molecule has 0 aliphatic heterocycles. The first kappa shape index (κ1) is 23.7. The van der Waals surface area contributed by atoms with Crippen molar-refractivity contribution in [3.05, 3.63) is 108 Å². The van der Waals surface area contributed by atoms with Crippen LogP contribution in [0.2, 0.25) is 0 Å². The van der Waals surface area contributed by atoms with Gasteiger partial charge in [0.1, 0.15) is 6.61 Å². The quantitative estimate of drug-likeness (QED) is 0.272. The Bertz CT molecular complexity index is 935. The molecule has 3 aromatic carbocycles. The number of carbonyl (C=O) groups is 1. The largest absolute Gasteiger partial charge is 0.445 e. The highest BCUT2D eigenvalue weighted by atomic mass is 31.2. The lowest BCUT2D eigenvalue weighted by Gasteiger charge is -2.19. The summed E-state index contributed by atoms with van der Waals surface area (Å²) in [4.78, 5) is 11.9. The zero-order valence-corrected chi connectivity index (χ0v) is 18.8. The predicted molar refractivity (Wildman–Crippen MR) is 124 cm³/mol. The Balaban J connectivity index is 1.46. The number of ether oxygens (including phenoxy) is 1. The summed E-state index contributed by atoms with van der Waals surface area (Å²) in [5.74, 6) is 0. The molecule has 0 aliphatic rings. The first-order valence-electron chi connectivity index (χ1n) is 10.5. The topological polar surface area (TPSA) is 73.9 Å². The molecule has 0 spiro atoms. The van der Waals surface area contributed by atoms with Crippen molar-refractivity contribution in [2.75, 3.05) is 12.7 Å². The van der Waals surface area contributed by atoms with Gasteiger partial charge in [0.05, 0.1) is 19.4 Å². The van der Waals surface area contributed by atoms with Crippen LogP contribution in [-0.4, -0.2) is 18.8 Å². The minimum absolute atomic E-state index is 0.186. The van der Waals surface area contributed by atoms with E-state index in [1.165, 1.54) is 0 Å². The van der Waals surface area contributed by atoms with E-state index in [0.717, 1.165) is 16.7 Å². The van der Waals surface area contributed by atoms with Gasteiger partial charge in [-0.3, -0.25) is 4.57 Å². The van der Waals surface area contributed by atoms with Crippen molar-refractivity contribution in [2.45, 2.75) is 26.2 Å². The lowest BCUT2D eigenvalue weighted by atomic mass is 10.2. The van der Waals surface area contributed by atoms with Crippen molar-refractivity contribution in [3.8, 4) is 0 Å². The summed E-state index contributed by atoms with van der Waals surface area (Å²) in [6.45, 7) is 0.894. The number of carbonyl (C=O) groups excluding carboxylic acids is 1. The molecule has 0 saturated carbocycles. The number of alkyl carbamates (subject to hydrolysis) is 1. The molecular weight excluding hydrogens is 425 g/mol. The molecule has 0 saturated heterocycles. The van der Waals surface area contributed by atoms with Gasteiger partial charge in [-0.25, -0.2) is 4.79 Å². The van der Waals surface area contributed by atoms with Crippen LogP contribution in [0, 0.1) is 0 Å². The highest BCUT2D eigenvalue weighted by Gasteiger charge is 2.24. The second-order valence-electron chi connectivity index (χ2n) is 7.19. The summed E-state index contributed by atoms with van der Waals surface area (Å²) in [5, 5.41) is 2.68. The Labute approximate surface area is 189 Å². The third-order valence-electron chi connectivity index (χ3n) is 4.63. The molecule has 7 heteroatoms. The molecule has 168 valence electrons. The first-order chi connectivity index (χ1) is 15.6. The van der Waals surface area contributed by atoms with E-state index in [-0.39, 0.29) is 26.0 Å². The van der Waals surface area contributed by atoms with E-state index in [4.69, 9.17) is 13.8 Å². The third-order valence-corrected chi connectivity index (χ3v) is 6.54. The van der Waals surface area contributed by atoms with Gasteiger partial charge >= 0.3 is 13.7 Å². The standard InChI is InChI=1S/C25H28NO5P/c27-25(29-19-22-11-4-1-5-12-22)26-17-10-18-32(28,30-20-23-13-6-2-7-14-23)31-21-24-15-8-3-9-16-24/h1-9,11-16H,10,17-21H2,(H,26,27). The van der Waals surface area contributed by atoms with E-state index in [1.54, 1.807) is 0 Å². The fraction of sp³-hybridized carbons (Fsp3) is 0.240. The van der Waals surface area contributed by atoms with Crippen molar-refractivity contribution in [2.24, 2.45) is 0 Å². The van der Waals surface area contributed by atoms with Gasteiger partial charge in [0.25, 0.3) is 0 Å². The molecule has 0 aliphatic carbocycles. The molecule has 0 aromatic heterocycles. The highest BCUT2D eigenvalue weighted by Crippen LogP contribution is 2.50. The summed E-state index contributed by atoms with van der Waals surface area (Å²) in [6, 6.07) is 28.5. The summed E-state index contributed by atoms with van der Waals surface area (Å²) < 4.78 is 30.0. The van der Waals surface area contributed by atoms with Gasteiger partial charge < -0.3 is 19.1 Å². The number of benzene rings is 3. The van der Waals surface area contributed by atoms with Gasteiger partial charge in [0.15, 0.2) is 0 Å². The van der Waals surface area contributed by atoms with Crippen molar-refractivity contribution >= 4 is 13.7 Å². The van der Waals surface area contributed by atoms with Crippen LogP contribution in [0.5, 0.6) is 0 Å². The number of hydrogen-bond donors (Lipinski definition) is 1. The fourth-order valence-electron chi connectivity index (χ4n) is 2.90. The summed E-state index contributed by atoms with van der Waals surface area (Å²) in [6.07, 6.45) is 0.103. The van der Waals surface area contributed by atoms with Crippen LogP contribution in [0.3, 0.4) is 0 Å². The van der Waals surface area contributed by atoms with Crippen molar-refractivity contribution < 1.29 is 23.1 Å². The molecule has 0 atom stereocenters. The van der Waals surface area contributed by atoms with E-state index in [1.807, 2.05) is 91.0 Å². The van der Waals surface area contributed by atoms with Crippen molar-refractivity contribution in [1.29, 1.82) is 0 Å². The van der Waals surface area contributed by atoms with Gasteiger partial charge in [0.2, 0.25) is 0 Å². The number of rotatable bonds is 12.